The zero-order valence-electron chi connectivity index (χ0n) is 9.45. The average Bonchev–Trinajstić information content (AvgIpc) is 2.24. The van der Waals surface area contributed by atoms with Gasteiger partial charge in [0.15, 0.2) is 0 Å². The Morgan fingerprint density at radius 1 is 1.56 bits per heavy atom. The first-order chi connectivity index (χ1) is 7.66. The first kappa shape index (κ1) is 12.3. The Morgan fingerprint density at radius 3 is 3.06 bits per heavy atom. The lowest BCUT2D eigenvalue weighted by Gasteiger charge is -2.31. The van der Waals surface area contributed by atoms with Gasteiger partial charge in [-0.05, 0) is 12.1 Å². The Kier molecular flexibility index (Phi) is 4.16. The molecule has 1 saturated heterocycles. The van der Waals surface area contributed by atoms with Crippen molar-refractivity contribution in [3.05, 3.63) is 28.2 Å². The summed E-state index contributed by atoms with van der Waals surface area (Å²) < 4.78 is 1.12. The number of rotatable bonds is 2. The number of hydrogen-bond acceptors (Lipinski definition) is 3. The molecule has 0 spiro atoms. The van der Waals surface area contributed by atoms with Crippen LogP contribution in [0, 0.1) is 0 Å². The molecule has 0 saturated carbocycles. The zero-order valence-corrected chi connectivity index (χ0v) is 11.9. The van der Waals surface area contributed by atoms with E-state index in [0.717, 1.165) is 35.0 Å². The van der Waals surface area contributed by atoms with Crippen molar-refractivity contribution in [3.8, 4) is 0 Å². The molecule has 0 aromatic heterocycles. The number of benzene rings is 1. The van der Waals surface area contributed by atoms with Crippen molar-refractivity contribution in [2.45, 2.75) is 18.7 Å². The highest BCUT2D eigenvalue weighted by atomic mass is 79.9. The minimum atomic E-state index is 0.734. The van der Waals surface area contributed by atoms with Crippen LogP contribution >= 0.6 is 27.7 Å². The van der Waals surface area contributed by atoms with Crippen molar-refractivity contribution in [1.29, 1.82) is 0 Å². The van der Waals surface area contributed by atoms with Gasteiger partial charge in [0.1, 0.15) is 0 Å². The highest BCUT2D eigenvalue weighted by Crippen LogP contribution is 2.26. The van der Waals surface area contributed by atoms with Crippen molar-refractivity contribution >= 4 is 33.4 Å². The number of hydrogen-bond donors (Lipinski definition) is 1. The number of thioether (sulfide) groups is 1. The van der Waals surface area contributed by atoms with Gasteiger partial charge in [0, 0.05) is 46.4 Å². The molecule has 1 aliphatic heterocycles. The van der Waals surface area contributed by atoms with Crippen LogP contribution in [0.15, 0.2) is 22.7 Å². The van der Waals surface area contributed by atoms with Gasteiger partial charge in [-0.3, -0.25) is 4.90 Å². The normalized spacial score (nSPS) is 22.2. The van der Waals surface area contributed by atoms with Crippen LogP contribution in [0.5, 0.6) is 0 Å². The third-order valence-corrected chi connectivity index (χ3v) is 4.74. The average molecular weight is 301 g/mol. The summed E-state index contributed by atoms with van der Waals surface area (Å²) in [6, 6.07) is 6.02. The second-order valence-electron chi connectivity index (χ2n) is 4.22. The first-order valence-corrected chi connectivity index (χ1v) is 7.38. The monoisotopic (exact) mass is 300 g/mol. The third-order valence-electron chi connectivity index (χ3n) is 2.86. The lowest BCUT2D eigenvalue weighted by Crippen LogP contribution is -2.36. The second-order valence-corrected chi connectivity index (χ2v) is 6.62. The summed E-state index contributed by atoms with van der Waals surface area (Å²) in [4.78, 5) is 2.48. The molecule has 16 heavy (non-hydrogen) atoms. The Morgan fingerprint density at radius 2 is 2.38 bits per heavy atom. The van der Waals surface area contributed by atoms with E-state index < -0.39 is 0 Å². The Balaban J connectivity index is 2.08. The van der Waals surface area contributed by atoms with Gasteiger partial charge in [0.05, 0.1) is 0 Å². The molecule has 4 heteroatoms. The quantitative estimate of drug-likeness (QED) is 0.852. The fraction of sp³-hybridized carbons (Fsp3) is 0.500. The van der Waals surface area contributed by atoms with Gasteiger partial charge in [-0.2, -0.15) is 11.8 Å². The minimum absolute atomic E-state index is 0.734. The molecule has 1 heterocycles. The molecule has 88 valence electrons. The molecule has 1 atom stereocenters. The molecule has 1 unspecified atom stereocenters. The Hall–Kier alpha value is -0.190. The SMILES string of the molecule is CC1CN(Cc2c(N)cccc2Br)CCS1. The van der Waals surface area contributed by atoms with Crippen molar-refractivity contribution < 1.29 is 0 Å². The van der Waals surface area contributed by atoms with E-state index in [4.69, 9.17) is 5.73 Å². The number of nitrogens with zero attached hydrogens (tertiary/aromatic N) is 1. The molecule has 2 rings (SSSR count). The molecule has 1 fully saturated rings. The molecule has 0 radical (unpaired) electrons. The molecular weight excluding hydrogens is 284 g/mol. The van der Waals surface area contributed by atoms with Crippen molar-refractivity contribution in [3.63, 3.8) is 0 Å². The predicted molar refractivity (Wildman–Crippen MR) is 75.8 cm³/mol. The molecule has 0 bridgehead atoms. The molecule has 0 aliphatic carbocycles. The Bertz CT molecular complexity index is 350. The standard InChI is InChI=1S/C12H17BrN2S/c1-9-7-15(5-6-16-9)8-10-11(13)3-2-4-12(10)14/h2-4,9H,5-8,14H2,1H3. The van der Waals surface area contributed by atoms with E-state index in [0.29, 0.717) is 0 Å². The number of nitrogens with two attached hydrogens (primary N) is 1. The summed E-state index contributed by atoms with van der Waals surface area (Å²) in [5.41, 5.74) is 8.12. The van der Waals surface area contributed by atoms with Gasteiger partial charge in [0.25, 0.3) is 0 Å². The summed E-state index contributed by atoms with van der Waals surface area (Å²) in [6.07, 6.45) is 0. The van der Waals surface area contributed by atoms with E-state index in [1.165, 1.54) is 11.3 Å². The minimum Gasteiger partial charge on any atom is -0.398 e. The fourth-order valence-corrected chi connectivity index (χ4v) is 3.59. The van der Waals surface area contributed by atoms with Crippen LogP contribution in [-0.2, 0) is 6.54 Å². The zero-order chi connectivity index (χ0) is 11.5. The van der Waals surface area contributed by atoms with E-state index >= 15 is 0 Å². The summed E-state index contributed by atoms with van der Waals surface area (Å²) in [5, 5.41) is 0.734. The van der Waals surface area contributed by atoms with Crippen LogP contribution in [0.2, 0.25) is 0 Å². The number of anilines is 1. The van der Waals surface area contributed by atoms with Gasteiger partial charge in [0.2, 0.25) is 0 Å². The van der Waals surface area contributed by atoms with Gasteiger partial charge in [-0.15, -0.1) is 0 Å². The van der Waals surface area contributed by atoms with Crippen molar-refractivity contribution in [2.75, 3.05) is 24.6 Å². The van der Waals surface area contributed by atoms with E-state index in [1.54, 1.807) is 0 Å². The van der Waals surface area contributed by atoms with Crippen LogP contribution in [0.25, 0.3) is 0 Å². The smallest absolute Gasteiger partial charge is 0.0371 e. The van der Waals surface area contributed by atoms with Crippen molar-refractivity contribution in [2.24, 2.45) is 0 Å². The molecule has 0 amide bonds. The van der Waals surface area contributed by atoms with Crippen LogP contribution in [0.4, 0.5) is 5.69 Å². The molecule has 1 aliphatic rings. The van der Waals surface area contributed by atoms with Crippen LogP contribution in [0.3, 0.4) is 0 Å². The lowest BCUT2D eigenvalue weighted by molar-refractivity contribution is 0.278. The van der Waals surface area contributed by atoms with E-state index in [2.05, 4.69) is 45.6 Å². The van der Waals surface area contributed by atoms with Crippen LogP contribution in [0.1, 0.15) is 12.5 Å². The fourth-order valence-electron chi connectivity index (χ4n) is 2.00. The predicted octanol–water partition coefficient (Wildman–Crippen LogP) is 2.97. The van der Waals surface area contributed by atoms with Crippen LogP contribution < -0.4 is 5.73 Å². The summed E-state index contributed by atoms with van der Waals surface area (Å²) >= 11 is 5.63. The highest BCUT2D eigenvalue weighted by Gasteiger charge is 2.18. The maximum Gasteiger partial charge on any atom is 0.0371 e. The van der Waals surface area contributed by atoms with E-state index in [9.17, 15) is 0 Å². The van der Waals surface area contributed by atoms with Gasteiger partial charge in [-0.25, -0.2) is 0 Å². The number of nitrogen functional groups attached to an aromatic ring is 1. The van der Waals surface area contributed by atoms with E-state index in [-0.39, 0.29) is 0 Å². The van der Waals surface area contributed by atoms with Gasteiger partial charge in [-0.1, -0.05) is 28.9 Å². The molecular formula is C12H17BrN2S. The highest BCUT2D eigenvalue weighted by molar-refractivity contribution is 9.10. The summed E-state index contributed by atoms with van der Waals surface area (Å²) in [7, 11) is 0. The largest absolute Gasteiger partial charge is 0.398 e. The molecule has 2 nitrogen and oxygen atoms in total. The van der Waals surface area contributed by atoms with Gasteiger partial charge < -0.3 is 5.73 Å². The summed E-state index contributed by atoms with van der Waals surface area (Å²) in [5.74, 6) is 1.23. The summed E-state index contributed by atoms with van der Waals surface area (Å²) in [6.45, 7) is 5.57. The first-order valence-electron chi connectivity index (χ1n) is 5.53. The lowest BCUT2D eigenvalue weighted by atomic mass is 10.1. The molecule has 2 N–H and O–H groups in total. The number of halogens is 1. The third kappa shape index (κ3) is 2.93. The second kappa shape index (κ2) is 5.43. The topological polar surface area (TPSA) is 29.3 Å². The maximum atomic E-state index is 6.01. The Labute approximate surface area is 110 Å². The molecule has 1 aromatic rings. The maximum absolute atomic E-state index is 6.01. The molecule has 1 aromatic carbocycles. The van der Waals surface area contributed by atoms with E-state index in [1.807, 2.05) is 12.1 Å². The van der Waals surface area contributed by atoms with Crippen LogP contribution in [-0.4, -0.2) is 29.0 Å². The van der Waals surface area contributed by atoms with Crippen molar-refractivity contribution in [1.82, 2.24) is 4.90 Å². The van der Waals surface area contributed by atoms with Gasteiger partial charge >= 0.3 is 0 Å².